The highest BCUT2D eigenvalue weighted by atomic mass is 15.2. The second kappa shape index (κ2) is 8.40. The Morgan fingerprint density at radius 2 is 1.90 bits per heavy atom. The lowest BCUT2D eigenvalue weighted by Gasteiger charge is -2.31. The Bertz CT molecular complexity index is 366. The molecule has 1 saturated heterocycles. The second-order valence-electron chi connectivity index (χ2n) is 5.82. The van der Waals surface area contributed by atoms with Crippen LogP contribution in [0.4, 0.5) is 0 Å². The molecule has 20 heavy (non-hydrogen) atoms. The zero-order valence-corrected chi connectivity index (χ0v) is 13.0. The molecule has 0 radical (unpaired) electrons. The molecule has 3 heteroatoms. The van der Waals surface area contributed by atoms with Gasteiger partial charge in [-0.1, -0.05) is 37.3 Å². The molecule has 0 spiro atoms. The van der Waals surface area contributed by atoms with E-state index < -0.39 is 0 Å². The third kappa shape index (κ3) is 4.58. The molecule has 0 bridgehead atoms. The van der Waals surface area contributed by atoms with Gasteiger partial charge in [0.15, 0.2) is 0 Å². The van der Waals surface area contributed by atoms with Gasteiger partial charge in [0.25, 0.3) is 0 Å². The van der Waals surface area contributed by atoms with Gasteiger partial charge in [0, 0.05) is 32.2 Å². The quantitative estimate of drug-likeness (QED) is 0.804. The maximum absolute atomic E-state index is 3.61. The van der Waals surface area contributed by atoms with Crippen LogP contribution in [0.2, 0.25) is 0 Å². The first kappa shape index (κ1) is 15.5. The largest absolute Gasteiger partial charge is 0.315 e. The van der Waals surface area contributed by atoms with E-state index >= 15 is 0 Å². The van der Waals surface area contributed by atoms with Gasteiger partial charge in [-0.05, 0) is 38.5 Å². The Kier molecular flexibility index (Phi) is 6.51. The summed E-state index contributed by atoms with van der Waals surface area (Å²) in [5.41, 5.74) is 1.45. The van der Waals surface area contributed by atoms with Crippen LogP contribution in [0, 0.1) is 0 Å². The molecule has 0 aliphatic carbocycles. The first-order chi connectivity index (χ1) is 9.81. The minimum atomic E-state index is 0.509. The van der Waals surface area contributed by atoms with Crippen molar-refractivity contribution < 1.29 is 0 Å². The number of hydrogen-bond acceptors (Lipinski definition) is 3. The smallest absolute Gasteiger partial charge is 0.0473 e. The van der Waals surface area contributed by atoms with Crippen LogP contribution in [0.1, 0.15) is 31.4 Å². The molecule has 1 aliphatic rings. The normalized spacial score (nSPS) is 19.7. The maximum atomic E-state index is 3.61. The van der Waals surface area contributed by atoms with Crippen molar-refractivity contribution in [1.82, 2.24) is 15.1 Å². The maximum Gasteiger partial charge on any atom is 0.0473 e. The molecule has 112 valence electrons. The summed E-state index contributed by atoms with van der Waals surface area (Å²) in [6.07, 6.45) is 2.47. The molecule has 0 amide bonds. The van der Waals surface area contributed by atoms with Gasteiger partial charge in [0.2, 0.25) is 0 Å². The standard InChI is InChI=1S/C17H29N3/c1-3-10-18-15-17(16-8-5-4-6-9-16)20-12-7-11-19(2)13-14-20/h4-6,8-9,17-18H,3,7,10-15H2,1-2H3. The number of likely N-dealkylation sites (N-methyl/N-ethyl adjacent to an activating group) is 1. The first-order valence-electron chi connectivity index (χ1n) is 7.99. The van der Waals surface area contributed by atoms with E-state index in [1.54, 1.807) is 0 Å². The highest BCUT2D eigenvalue weighted by molar-refractivity contribution is 5.19. The Balaban J connectivity index is 2.04. The summed E-state index contributed by atoms with van der Waals surface area (Å²) in [6, 6.07) is 11.5. The first-order valence-corrected chi connectivity index (χ1v) is 7.99. The fourth-order valence-corrected chi connectivity index (χ4v) is 2.93. The molecular formula is C17H29N3. The summed E-state index contributed by atoms with van der Waals surface area (Å²) in [4.78, 5) is 5.10. The zero-order chi connectivity index (χ0) is 14.2. The summed E-state index contributed by atoms with van der Waals surface area (Å²) in [7, 11) is 2.23. The van der Waals surface area contributed by atoms with Crippen molar-refractivity contribution in [2.45, 2.75) is 25.8 Å². The van der Waals surface area contributed by atoms with Crippen molar-refractivity contribution >= 4 is 0 Å². The van der Waals surface area contributed by atoms with Crippen molar-refractivity contribution in [3.63, 3.8) is 0 Å². The fraction of sp³-hybridized carbons (Fsp3) is 0.647. The van der Waals surface area contributed by atoms with Crippen molar-refractivity contribution in [1.29, 1.82) is 0 Å². The summed E-state index contributed by atoms with van der Waals surface area (Å²) in [5, 5.41) is 3.61. The third-order valence-corrected chi connectivity index (χ3v) is 4.14. The molecule has 1 atom stereocenters. The summed E-state index contributed by atoms with van der Waals surface area (Å²) in [5.74, 6) is 0. The molecule has 1 aromatic carbocycles. The van der Waals surface area contributed by atoms with Gasteiger partial charge in [0.05, 0.1) is 0 Å². The van der Waals surface area contributed by atoms with E-state index in [1.165, 1.54) is 44.6 Å². The van der Waals surface area contributed by atoms with Crippen LogP contribution in [-0.2, 0) is 0 Å². The van der Waals surface area contributed by atoms with Crippen molar-refractivity contribution in [3.8, 4) is 0 Å². The van der Waals surface area contributed by atoms with E-state index in [1.807, 2.05) is 0 Å². The predicted octanol–water partition coefficient (Wildman–Crippen LogP) is 2.36. The van der Waals surface area contributed by atoms with Gasteiger partial charge in [-0.2, -0.15) is 0 Å². The average molecular weight is 275 g/mol. The van der Waals surface area contributed by atoms with E-state index in [2.05, 4.69) is 59.4 Å². The van der Waals surface area contributed by atoms with Gasteiger partial charge in [0.1, 0.15) is 0 Å². The Morgan fingerprint density at radius 3 is 2.65 bits per heavy atom. The van der Waals surface area contributed by atoms with Gasteiger partial charge in [-0.25, -0.2) is 0 Å². The Hall–Kier alpha value is -0.900. The van der Waals surface area contributed by atoms with E-state index in [0.717, 1.165) is 13.1 Å². The SMILES string of the molecule is CCCNCC(c1ccccc1)N1CCCN(C)CC1. The molecule has 1 aliphatic heterocycles. The minimum Gasteiger partial charge on any atom is -0.315 e. The molecule has 0 aromatic heterocycles. The van der Waals surface area contributed by atoms with Gasteiger partial charge in [-0.3, -0.25) is 4.90 Å². The van der Waals surface area contributed by atoms with Crippen LogP contribution in [0.25, 0.3) is 0 Å². The number of benzene rings is 1. The molecule has 1 unspecified atom stereocenters. The lowest BCUT2D eigenvalue weighted by atomic mass is 10.0. The molecule has 1 aromatic rings. The van der Waals surface area contributed by atoms with E-state index in [-0.39, 0.29) is 0 Å². The molecule has 1 fully saturated rings. The molecule has 1 N–H and O–H groups in total. The summed E-state index contributed by atoms with van der Waals surface area (Å²) < 4.78 is 0. The number of rotatable bonds is 6. The van der Waals surface area contributed by atoms with Crippen LogP contribution in [0.3, 0.4) is 0 Å². The van der Waals surface area contributed by atoms with Crippen LogP contribution in [-0.4, -0.2) is 56.1 Å². The van der Waals surface area contributed by atoms with Crippen LogP contribution < -0.4 is 5.32 Å². The second-order valence-corrected chi connectivity index (χ2v) is 5.82. The van der Waals surface area contributed by atoms with Gasteiger partial charge in [-0.15, -0.1) is 0 Å². The molecular weight excluding hydrogens is 246 g/mol. The highest BCUT2D eigenvalue weighted by Gasteiger charge is 2.21. The van der Waals surface area contributed by atoms with Crippen molar-refractivity contribution in [2.24, 2.45) is 0 Å². The molecule has 2 rings (SSSR count). The van der Waals surface area contributed by atoms with Crippen molar-refractivity contribution in [2.75, 3.05) is 46.3 Å². The monoisotopic (exact) mass is 275 g/mol. The van der Waals surface area contributed by atoms with Gasteiger partial charge >= 0.3 is 0 Å². The topological polar surface area (TPSA) is 18.5 Å². The number of hydrogen-bond donors (Lipinski definition) is 1. The van der Waals surface area contributed by atoms with E-state index in [0.29, 0.717) is 6.04 Å². The van der Waals surface area contributed by atoms with Gasteiger partial charge < -0.3 is 10.2 Å². The predicted molar refractivity (Wildman–Crippen MR) is 86.0 cm³/mol. The Morgan fingerprint density at radius 1 is 1.10 bits per heavy atom. The number of nitrogens with one attached hydrogen (secondary N) is 1. The van der Waals surface area contributed by atoms with Crippen molar-refractivity contribution in [3.05, 3.63) is 35.9 Å². The molecule has 3 nitrogen and oxygen atoms in total. The number of nitrogens with zero attached hydrogens (tertiary/aromatic N) is 2. The summed E-state index contributed by atoms with van der Waals surface area (Å²) >= 11 is 0. The summed E-state index contributed by atoms with van der Waals surface area (Å²) in [6.45, 7) is 9.17. The molecule has 1 heterocycles. The average Bonchev–Trinajstić information content (AvgIpc) is 2.69. The third-order valence-electron chi connectivity index (χ3n) is 4.14. The zero-order valence-electron chi connectivity index (χ0n) is 13.0. The minimum absolute atomic E-state index is 0.509. The van der Waals surface area contributed by atoms with Crippen LogP contribution in [0.15, 0.2) is 30.3 Å². The fourth-order valence-electron chi connectivity index (χ4n) is 2.93. The van der Waals surface area contributed by atoms with Crippen LogP contribution >= 0.6 is 0 Å². The Labute approximate surface area is 124 Å². The lowest BCUT2D eigenvalue weighted by Crippen LogP contribution is -2.38. The van der Waals surface area contributed by atoms with Crippen LogP contribution in [0.5, 0.6) is 0 Å². The molecule has 0 saturated carbocycles. The lowest BCUT2D eigenvalue weighted by molar-refractivity contribution is 0.199. The van der Waals surface area contributed by atoms with E-state index in [4.69, 9.17) is 0 Å². The highest BCUT2D eigenvalue weighted by Crippen LogP contribution is 2.21. The van der Waals surface area contributed by atoms with E-state index in [9.17, 15) is 0 Å².